The molecule has 9 heavy (non-hydrogen) atoms. The van der Waals surface area contributed by atoms with Crippen LogP contribution in [-0.2, 0) is 0 Å². The molecule has 0 aromatic heterocycles. The monoisotopic (exact) mass is 127 g/mol. The second-order valence-electron chi connectivity index (χ2n) is 2.56. The minimum atomic E-state index is 1.14. The van der Waals surface area contributed by atoms with E-state index in [1.165, 1.54) is 18.5 Å². The first-order valence-electron chi connectivity index (χ1n) is 3.53. The normalized spacial score (nSPS) is 9.22. The molecule has 0 atom stereocenters. The lowest BCUT2D eigenvalue weighted by Gasteiger charge is -2.14. The molecule has 0 unspecified atom stereocenters. The van der Waals surface area contributed by atoms with Gasteiger partial charge in [0.2, 0.25) is 0 Å². The predicted molar refractivity (Wildman–Crippen MR) is 42.4 cm³/mol. The molecule has 0 heterocycles. The first kappa shape index (κ1) is 8.54. The highest BCUT2D eigenvalue weighted by molar-refractivity contribution is 4.89. The van der Waals surface area contributed by atoms with Crippen LogP contribution in [0.3, 0.4) is 0 Å². The van der Waals surface area contributed by atoms with Gasteiger partial charge in [-0.3, -0.25) is 0 Å². The molecule has 1 nitrogen and oxygen atoms in total. The second-order valence-corrected chi connectivity index (χ2v) is 2.56. The molecule has 0 aromatic rings. The fourth-order valence-electron chi connectivity index (χ4n) is 0.604. The summed E-state index contributed by atoms with van der Waals surface area (Å²) >= 11 is 0. The van der Waals surface area contributed by atoms with Gasteiger partial charge in [-0.1, -0.05) is 19.9 Å². The molecule has 1 heteroatoms. The zero-order valence-electron chi connectivity index (χ0n) is 6.78. The third kappa shape index (κ3) is 4.07. The van der Waals surface area contributed by atoms with Crippen molar-refractivity contribution >= 4 is 0 Å². The van der Waals surface area contributed by atoms with Crippen LogP contribution in [0.5, 0.6) is 0 Å². The summed E-state index contributed by atoms with van der Waals surface area (Å²) in [6, 6.07) is 0. The molecule has 0 N–H and O–H groups in total. The van der Waals surface area contributed by atoms with Crippen molar-refractivity contribution in [1.82, 2.24) is 4.90 Å². The summed E-state index contributed by atoms with van der Waals surface area (Å²) < 4.78 is 0. The Morgan fingerprint density at radius 1 is 1.44 bits per heavy atom. The minimum Gasteiger partial charge on any atom is -0.381 e. The van der Waals surface area contributed by atoms with Gasteiger partial charge in [-0.2, -0.15) is 0 Å². The van der Waals surface area contributed by atoms with E-state index in [0.29, 0.717) is 0 Å². The molecule has 0 rings (SSSR count). The largest absolute Gasteiger partial charge is 0.381 e. The van der Waals surface area contributed by atoms with Gasteiger partial charge >= 0.3 is 0 Å². The maximum atomic E-state index is 3.92. The molecule has 0 radical (unpaired) electrons. The highest BCUT2D eigenvalue weighted by Crippen LogP contribution is 2.05. The quantitative estimate of drug-likeness (QED) is 0.560. The van der Waals surface area contributed by atoms with Crippen LogP contribution in [-0.4, -0.2) is 19.0 Å². The summed E-state index contributed by atoms with van der Waals surface area (Å²) in [7, 11) is 4.08. The van der Waals surface area contributed by atoms with Crippen LogP contribution in [0.15, 0.2) is 12.3 Å². The van der Waals surface area contributed by atoms with Crippen molar-refractivity contribution in [2.45, 2.75) is 26.2 Å². The molecular weight excluding hydrogens is 110 g/mol. The summed E-state index contributed by atoms with van der Waals surface area (Å²) in [5, 5.41) is 0. The van der Waals surface area contributed by atoms with Gasteiger partial charge < -0.3 is 4.90 Å². The van der Waals surface area contributed by atoms with Gasteiger partial charge in [-0.25, -0.2) is 0 Å². The fraction of sp³-hybridized carbons (Fsp3) is 0.750. The molecular formula is C8H17N. The Morgan fingerprint density at radius 3 is 2.33 bits per heavy atom. The summed E-state index contributed by atoms with van der Waals surface area (Å²) in [5.74, 6) is 0. The van der Waals surface area contributed by atoms with Crippen LogP contribution in [0.25, 0.3) is 0 Å². The van der Waals surface area contributed by atoms with Crippen molar-refractivity contribution in [2.24, 2.45) is 0 Å². The summed E-state index contributed by atoms with van der Waals surface area (Å²) in [4.78, 5) is 2.08. The van der Waals surface area contributed by atoms with Crippen LogP contribution >= 0.6 is 0 Å². The summed E-state index contributed by atoms with van der Waals surface area (Å²) in [5.41, 5.74) is 1.23. The van der Waals surface area contributed by atoms with Crippen LogP contribution in [0.4, 0.5) is 0 Å². The molecule has 0 bridgehead atoms. The van der Waals surface area contributed by atoms with E-state index in [1.807, 2.05) is 14.1 Å². The predicted octanol–water partition coefficient (Wildman–Crippen LogP) is 2.25. The Kier molecular flexibility index (Phi) is 4.20. The van der Waals surface area contributed by atoms with E-state index in [4.69, 9.17) is 0 Å². The molecule has 54 valence electrons. The number of hydrogen-bond donors (Lipinski definition) is 0. The van der Waals surface area contributed by atoms with E-state index in [-0.39, 0.29) is 0 Å². The van der Waals surface area contributed by atoms with E-state index in [0.717, 1.165) is 6.42 Å². The average Bonchev–Trinajstić information content (AvgIpc) is 1.82. The number of hydrogen-bond acceptors (Lipinski definition) is 1. The molecule has 0 aliphatic carbocycles. The SMILES string of the molecule is C=C(CCCC)N(C)C. The third-order valence-electron chi connectivity index (χ3n) is 1.45. The highest BCUT2D eigenvalue weighted by atomic mass is 15.1. The molecule has 0 aliphatic rings. The Balaban J connectivity index is 3.28. The number of rotatable bonds is 4. The Bertz CT molecular complexity index is 84.6. The Labute approximate surface area is 58.4 Å². The molecule has 0 amide bonds. The standard InChI is InChI=1S/C8H17N/c1-5-6-7-8(2)9(3)4/h2,5-7H2,1,3-4H3. The molecule has 0 fully saturated rings. The van der Waals surface area contributed by atoms with Crippen molar-refractivity contribution in [2.75, 3.05) is 14.1 Å². The number of allylic oxidation sites excluding steroid dienone is 1. The van der Waals surface area contributed by atoms with Gasteiger partial charge in [0, 0.05) is 19.8 Å². The van der Waals surface area contributed by atoms with E-state index in [9.17, 15) is 0 Å². The molecule has 0 aliphatic heterocycles. The average molecular weight is 127 g/mol. The van der Waals surface area contributed by atoms with Gasteiger partial charge in [0.25, 0.3) is 0 Å². The molecule has 0 aromatic carbocycles. The molecule has 0 saturated carbocycles. The van der Waals surface area contributed by atoms with E-state index >= 15 is 0 Å². The maximum Gasteiger partial charge on any atom is 0.00579 e. The van der Waals surface area contributed by atoms with Crippen LogP contribution in [0, 0.1) is 0 Å². The first-order valence-corrected chi connectivity index (χ1v) is 3.53. The lowest BCUT2D eigenvalue weighted by atomic mass is 10.2. The van der Waals surface area contributed by atoms with Crippen LogP contribution in [0.1, 0.15) is 26.2 Å². The lowest BCUT2D eigenvalue weighted by molar-refractivity contribution is 0.482. The van der Waals surface area contributed by atoms with Gasteiger partial charge in [0.1, 0.15) is 0 Å². The van der Waals surface area contributed by atoms with Gasteiger partial charge in [-0.15, -0.1) is 0 Å². The smallest absolute Gasteiger partial charge is 0.00579 e. The van der Waals surface area contributed by atoms with E-state index in [1.54, 1.807) is 0 Å². The van der Waals surface area contributed by atoms with Crippen LogP contribution < -0.4 is 0 Å². The van der Waals surface area contributed by atoms with Gasteiger partial charge in [0.05, 0.1) is 0 Å². The third-order valence-corrected chi connectivity index (χ3v) is 1.45. The Morgan fingerprint density at radius 2 is 2.00 bits per heavy atom. The zero-order chi connectivity index (χ0) is 7.28. The van der Waals surface area contributed by atoms with Crippen molar-refractivity contribution in [3.63, 3.8) is 0 Å². The minimum absolute atomic E-state index is 1.14. The van der Waals surface area contributed by atoms with E-state index in [2.05, 4.69) is 18.4 Å². The van der Waals surface area contributed by atoms with Crippen molar-refractivity contribution in [3.05, 3.63) is 12.3 Å². The van der Waals surface area contributed by atoms with Gasteiger partial charge in [-0.05, 0) is 12.8 Å². The topological polar surface area (TPSA) is 3.24 Å². The number of unbranched alkanes of at least 4 members (excludes halogenated alkanes) is 1. The maximum absolute atomic E-state index is 3.92. The van der Waals surface area contributed by atoms with Crippen LogP contribution in [0.2, 0.25) is 0 Å². The molecule has 0 spiro atoms. The lowest BCUT2D eigenvalue weighted by Crippen LogP contribution is -2.09. The Hall–Kier alpha value is -0.460. The van der Waals surface area contributed by atoms with E-state index < -0.39 is 0 Å². The molecule has 0 saturated heterocycles. The van der Waals surface area contributed by atoms with Crippen molar-refractivity contribution in [3.8, 4) is 0 Å². The summed E-state index contributed by atoms with van der Waals surface area (Å²) in [6.45, 7) is 6.12. The highest BCUT2D eigenvalue weighted by Gasteiger charge is 1.92. The summed E-state index contributed by atoms with van der Waals surface area (Å²) in [6.07, 6.45) is 3.66. The number of nitrogens with zero attached hydrogens (tertiary/aromatic N) is 1. The second kappa shape index (κ2) is 4.42. The van der Waals surface area contributed by atoms with Crippen molar-refractivity contribution < 1.29 is 0 Å². The van der Waals surface area contributed by atoms with Gasteiger partial charge in [0.15, 0.2) is 0 Å². The first-order chi connectivity index (χ1) is 4.18. The zero-order valence-corrected chi connectivity index (χ0v) is 6.78. The van der Waals surface area contributed by atoms with Crippen molar-refractivity contribution in [1.29, 1.82) is 0 Å². The fourth-order valence-corrected chi connectivity index (χ4v) is 0.604.